The van der Waals surface area contributed by atoms with E-state index in [9.17, 15) is 4.79 Å². The maximum Gasteiger partial charge on any atom is 0.252 e. The molecule has 4 heteroatoms. The molecule has 1 heterocycles. The van der Waals surface area contributed by atoms with Crippen molar-refractivity contribution in [1.29, 1.82) is 0 Å². The molecular formula is C20H21N3O. The fourth-order valence-corrected chi connectivity index (χ4v) is 2.91. The Bertz CT molecular complexity index is 895. The highest BCUT2D eigenvalue weighted by molar-refractivity contribution is 5.95. The van der Waals surface area contributed by atoms with Gasteiger partial charge in [-0.05, 0) is 37.6 Å². The second-order valence-electron chi connectivity index (χ2n) is 5.87. The summed E-state index contributed by atoms with van der Waals surface area (Å²) < 4.78 is 2.09. The summed E-state index contributed by atoms with van der Waals surface area (Å²) in [7, 11) is 0. The summed E-state index contributed by atoms with van der Waals surface area (Å²) in [5, 5.41) is 3.06. The van der Waals surface area contributed by atoms with E-state index in [0.29, 0.717) is 12.1 Å². The Morgan fingerprint density at radius 3 is 2.71 bits per heavy atom. The largest absolute Gasteiger partial charge is 0.342 e. The summed E-state index contributed by atoms with van der Waals surface area (Å²) in [4.78, 5) is 17.3. The predicted octanol–water partition coefficient (Wildman–Crippen LogP) is 4.02. The van der Waals surface area contributed by atoms with Crippen molar-refractivity contribution in [3.05, 3.63) is 78.1 Å². The third-order valence-electron chi connectivity index (χ3n) is 4.12. The minimum atomic E-state index is -0.204. The molecule has 3 aromatic rings. The quantitative estimate of drug-likeness (QED) is 0.722. The van der Waals surface area contributed by atoms with E-state index in [1.165, 1.54) is 0 Å². The van der Waals surface area contributed by atoms with Crippen molar-refractivity contribution >= 4 is 16.9 Å². The Kier molecular flexibility index (Phi) is 4.47. The first kappa shape index (κ1) is 16.0. The van der Waals surface area contributed by atoms with Crippen LogP contribution < -0.4 is 5.32 Å². The summed E-state index contributed by atoms with van der Waals surface area (Å²) >= 11 is 0. The number of nitrogens with one attached hydrogen (secondary N) is 1. The van der Waals surface area contributed by atoms with Crippen LogP contribution in [0.1, 0.15) is 34.7 Å². The van der Waals surface area contributed by atoms with Crippen LogP contribution in [0.25, 0.3) is 11.0 Å². The smallest absolute Gasteiger partial charge is 0.252 e. The zero-order valence-corrected chi connectivity index (χ0v) is 14.0. The number of aromatic nitrogens is 2. The van der Waals surface area contributed by atoms with E-state index in [4.69, 9.17) is 4.98 Å². The number of hydrogen-bond acceptors (Lipinski definition) is 2. The predicted molar refractivity (Wildman–Crippen MR) is 97.0 cm³/mol. The first-order chi connectivity index (χ1) is 11.6. The molecule has 1 atom stereocenters. The summed E-state index contributed by atoms with van der Waals surface area (Å²) in [6, 6.07) is 15.3. The number of amides is 1. The molecule has 3 rings (SSSR count). The standard InChI is InChI=1S/C20H21N3O/c1-4-13-23-18-12-8-7-11-17(18)22-19(23)15(3)21-20(24)16-10-6-5-9-14(16)2/h4-12,15H,1,13H2,2-3H3,(H,21,24)/t15-/m0/s1. The molecule has 1 amide bonds. The summed E-state index contributed by atoms with van der Waals surface area (Å²) in [5.41, 5.74) is 3.62. The van der Waals surface area contributed by atoms with Gasteiger partial charge < -0.3 is 9.88 Å². The SMILES string of the molecule is C=CCn1c([C@H](C)NC(=O)c2ccccc2C)nc2ccccc21. The number of rotatable bonds is 5. The van der Waals surface area contributed by atoms with Crippen molar-refractivity contribution in [2.45, 2.75) is 26.4 Å². The van der Waals surface area contributed by atoms with Gasteiger partial charge in [-0.15, -0.1) is 6.58 Å². The molecule has 0 unspecified atom stereocenters. The fourth-order valence-electron chi connectivity index (χ4n) is 2.91. The van der Waals surface area contributed by atoms with Gasteiger partial charge in [-0.2, -0.15) is 0 Å². The number of nitrogens with zero attached hydrogens (tertiary/aromatic N) is 2. The lowest BCUT2D eigenvalue weighted by Crippen LogP contribution is -2.29. The monoisotopic (exact) mass is 319 g/mol. The number of para-hydroxylation sites is 2. The van der Waals surface area contributed by atoms with E-state index in [1.807, 2.05) is 68.5 Å². The maximum absolute atomic E-state index is 12.6. The normalized spacial score (nSPS) is 12.1. The topological polar surface area (TPSA) is 46.9 Å². The van der Waals surface area contributed by atoms with Crippen molar-refractivity contribution in [2.75, 3.05) is 0 Å². The lowest BCUT2D eigenvalue weighted by atomic mass is 10.1. The molecule has 24 heavy (non-hydrogen) atoms. The van der Waals surface area contributed by atoms with Gasteiger partial charge in [-0.3, -0.25) is 4.79 Å². The van der Waals surface area contributed by atoms with E-state index >= 15 is 0 Å². The Hall–Kier alpha value is -2.88. The van der Waals surface area contributed by atoms with Gasteiger partial charge in [0.15, 0.2) is 0 Å². The maximum atomic E-state index is 12.6. The van der Waals surface area contributed by atoms with Gasteiger partial charge in [0.2, 0.25) is 0 Å². The van der Waals surface area contributed by atoms with E-state index in [2.05, 4.69) is 16.5 Å². The van der Waals surface area contributed by atoms with Crippen LogP contribution in [0.15, 0.2) is 61.2 Å². The Morgan fingerprint density at radius 2 is 1.96 bits per heavy atom. The first-order valence-electron chi connectivity index (χ1n) is 8.04. The zero-order chi connectivity index (χ0) is 17.1. The van der Waals surface area contributed by atoms with Gasteiger partial charge in [-0.25, -0.2) is 4.98 Å². The Morgan fingerprint density at radius 1 is 1.25 bits per heavy atom. The number of carbonyl (C=O) groups is 1. The molecule has 0 spiro atoms. The number of carbonyl (C=O) groups excluding carboxylic acids is 1. The van der Waals surface area contributed by atoms with Gasteiger partial charge >= 0.3 is 0 Å². The molecule has 1 aromatic heterocycles. The van der Waals surface area contributed by atoms with Crippen molar-refractivity contribution in [2.24, 2.45) is 0 Å². The molecular weight excluding hydrogens is 298 g/mol. The first-order valence-corrected chi connectivity index (χ1v) is 8.04. The van der Waals surface area contributed by atoms with Crippen LogP contribution in [0.5, 0.6) is 0 Å². The van der Waals surface area contributed by atoms with Crippen molar-refractivity contribution in [3.63, 3.8) is 0 Å². The number of allylic oxidation sites excluding steroid dienone is 1. The zero-order valence-electron chi connectivity index (χ0n) is 14.0. The third kappa shape index (κ3) is 2.95. The number of aryl methyl sites for hydroxylation is 1. The van der Waals surface area contributed by atoms with Crippen molar-refractivity contribution < 1.29 is 4.79 Å². The van der Waals surface area contributed by atoms with Crippen LogP contribution in [0.3, 0.4) is 0 Å². The van der Waals surface area contributed by atoms with Crippen LogP contribution in [-0.2, 0) is 6.54 Å². The lowest BCUT2D eigenvalue weighted by Gasteiger charge is -2.16. The molecule has 122 valence electrons. The summed E-state index contributed by atoms with van der Waals surface area (Å²) in [6.45, 7) is 8.37. The van der Waals surface area contributed by atoms with E-state index in [0.717, 1.165) is 22.4 Å². The molecule has 0 saturated carbocycles. The van der Waals surface area contributed by atoms with Crippen molar-refractivity contribution in [3.8, 4) is 0 Å². The Labute approximate surface area is 141 Å². The molecule has 0 saturated heterocycles. The van der Waals surface area contributed by atoms with Crippen LogP contribution in [0.4, 0.5) is 0 Å². The van der Waals surface area contributed by atoms with Gasteiger partial charge in [0, 0.05) is 12.1 Å². The van der Waals surface area contributed by atoms with Gasteiger partial charge in [0.05, 0.1) is 17.1 Å². The highest BCUT2D eigenvalue weighted by Crippen LogP contribution is 2.21. The average molecular weight is 319 g/mol. The van der Waals surface area contributed by atoms with Gasteiger partial charge in [-0.1, -0.05) is 36.4 Å². The lowest BCUT2D eigenvalue weighted by molar-refractivity contribution is 0.0937. The molecule has 2 aromatic carbocycles. The molecule has 4 nitrogen and oxygen atoms in total. The Balaban J connectivity index is 1.92. The molecule has 0 radical (unpaired) electrons. The number of benzene rings is 2. The molecule has 1 N–H and O–H groups in total. The highest BCUT2D eigenvalue weighted by Gasteiger charge is 2.19. The van der Waals surface area contributed by atoms with E-state index in [1.54, 1.807) is 0 Å². The molecule has 0 fully saturated rings. The molecule has 0 aliphatic carbocycles. The number of fused-ring (bicyclic) bond motifs is 1. The molecule has 0 aliphatic rings. The van der Waals surface area contributed by atoms with Gasteiger partial charge in [0.1, 0.15) is 5.82 Å². The van der Waals surface area contributed by atoms with Crippen LogP contribution in [-0.4, -0.2) is 15.5 Å². The second kappa shape index (κ2) is 6.71. The van der Waals surface area contributed by atoms with Crippen molar-refractivity contribution in [1.82, 2.24) is 14.9 Å². The number of hydrogen-bond donors (Lipinski definition) is 1. The second-order valence-corrected chi connectivity index (χ2v) is 5.87. The highest BCUT2D eigenvalue weighted by atomic mass is 16.1. The summed E-state index contributed by atoms with van der Waals surface area (Å²) in [6.07, 6.45) is 1.84. The van der Waals surface area contributed by atoms with Crippen LogP contribution in [0, 0.1) is 6.92 Å². The minimum Gasteiger partial charge on any atom is -0.342 e. The van der Waals surface area contributed by atoms with E-state index < -0.39 is 0 Å². The van der Waals surface area contributed by atoms with Crippen LogP contribution >= 0.6 is 0 Å². The average Bonchev–Trinajstić information content (AvgIpc) is 2.94. The van der Waals surface area contributed by atoms with Gasteiger partial charge in [0.25, 0.3) is 5.91 Å². The molecule has 0 bridgehead atoms. The van der Waals surface area contributed by atoms with Crippen LogP contribution in [0.2, 0.25) is 0 Å². The number of imidazole rings is 1. The minimum absolute atomic E-state index is 0.0854. The molecule has 0 aliphatic heterocycles. The summed E-state index contributed by atoms with van der Waals surface area (Å²) in [5.74, 6) is 0.746. The third-order valence-corrected chi connectivity index (χ3v) is 4.12. The van der Waals surface area contributed by atoms with E-state index in [-0.39, 0.29) is 11.9 Å². The fraction of sp³-hybridized carbons (Fsp3) is 0.200.